The molecule has 0 aliphatic carbocycles. The second kappa shape index (κ2) is 5.85. The van der Waals surface area contributed by atoms with Crippen LogP contribution in [-0.2, 0) is 22.0 Å². The van der Waals surface area contributed by atoms with E-state index in [9.17, 15) is 8.76 Å². The van der Waals surface area contributed by atoms with Crippen LogP contribution in [0.3, 0.4) is 0 Å². The summed E-state index contributed by atoms with van der Waals surface area (Å²) in [6, 6.07) is 5.43. The van der Waals surface area contributed by atoms with Crippen molar-refractivity contribution in [1.29, 1.82) is 0 Å². The molecule has 0 aliphatic rings. The standard InChI is InChI=1S/C8H8Br2O3S/c9-4-6-1-2-7(5-10)8(3-6)13-14(11)12/h1-3H,4-5H2,(H,11,12)/p-1. The van der Waals surface area contributed by atoms with Crippen molar-refractivity contribution >= 4 is 43.2 Å². The van der Waals surface area contributed by atoms with Crippen LogP contribution < -0.4 is 4.18 Å². The maximum Gasteiger partial charge on any atom is 0.143 e. The molecule has 1 aromatic carbocycles. The number of hydrogen-bond donors (Lipinski definition) is 0. The molecule has 0 N–H and O–H groups in total. The molecule has 0 fully saturated rings. The van der Waals surface area contributed by atoms with Crippen LogP contribution in [0, 0.1) is 0 Å². The van der Waals surface area contributed by atoms with E-state index in [0.717, 1.165) is 11.1 Å². The number of rotatable bonds is 4. The molecule has 0 radical (unpaired) electrons. The van der Waals surface area contributed by atoms with Gasteiger partial charge in [-0.15, -0.1) is 0 Å². The molecule has 0 aliphatic heterocycles. The van der Waals surface area contributed by atoms with Crippen LogP contribution in [0.1, 0.15) is 11.1 Å². The minimum absolute atomic E-state index is 0.368. The van der Waals surface area contributed by atoms with Crippen LogP contribution in [0.4, 0.5) is 0 Å². The van der Waals surface area contributed by atoms with Gasteiger partial charge < -0.3 is 8.74 Å². The lowest BCUT2D eigenvalue weighted by atomic mass is 10.1. The summed E-state index contributed by atoms with van der Waals surface area (Å²) < 4.78 is 25.4. The van der Waals surface area contributed by atoms with Gasteiger partial charge in [0.2, 0.25) is 0 Å². The second-order valence-electron chi connectivity index (χ2n) is 2.50. The molecule has 0 aromatic heterocycles. The Morgan fingerprint density at radius 2 is 2.07 bits per heavy atom. The summed E-state index contributed by atoms with van der Waals surface area (Å²) in [7, 11) is 0. The highest BCUT2D eigenvalue weighted by Crippen LogP contribution is 2.24. The predicted octanol–water partition coefficient (Wildman–Crippen LogP) is 2.65. The summed E-state index contributed by atoms with van der Waals surface area (Å²) in [5.41, 5.74) is 1.77. The van der Waals surface area contributed by atoms with E-state index in [4.69, 9.17) is 0 Å². The fraction of sp³-hybridized carbons (Fsp3) is 0.250. The van der Waals surface area contributed by atoms with Crippen LogP contribution in [0.5, 0.6) is 5.75 Å². The van der Waals surface area contributed by atoms with Gasteiger partial charge in [0.25, 0.3) is 0 Å². The van der Waals surface area contributed by atoms with Crippen molar-refractivity contribution in [2.75, 3.05) is 0 Å². The largest absolute Gasteiger partial charge is 0.740 e. The third kappa shape index (κ3) is 3.34. The van der Waals surface area contributed by atoms with Gasteiger partial charge >= 0.3 is 0 Å². The van der Waals surface area contributed by atoms with E-state index >= 15 is 0 Å². The lowest BCUT2D eigenvalue weighted by Crippen LogP contribution is -2.00. The Morgan fingerprint density at radius 1 is 1.36 bits per heavy atom. The van der Waals surface area contributed by atoms with Gasteiger partial charge in [0, 0.05) is 16.2 Å². The zero-order valence-corrected chi connectivity index (χ0v) is 11.0. The highest BCUT2D eigenvalue weighted by atomic mass is 79.9. The molecule has 6 heteroatoms. The highest BCUT2D eigenvalue weighted by Gasteiger charge is 2.04. The summed E-state index contributed by atoms with van der Waals surface area (Å²) in [6.07, 6.45) is 0. The first-order valence-corrected chi connectivity index (χ1v) is 6.93. The van der Waals surface area contributed by atoms with Crippen molar-refractivity contribution in [3.63, 3.8) is 0 Å². The molecule has 0 amide bonds. The van der Waals surface area contributed by atoms with Crippen LogP contribution in [0.25, 0.3) is 0 Å². The third-order valence-electron chi connectivity index (χ3n) is 1.59. The zero-order valence-electron chi connectivity index (χ0n) is 7.04. The molecule has 0 saturated heterocycles. The molecule has 1 aromatic rings. The van der Waals surface area contributed by atoms with Gasteiger partial charge in [-0.1, -0.05) is 44.0 Å². The number of halogens is 2. The van der Waals surface area contributed by atoms with Crippen LogP contribution >= 0.6 is 31.9 Å². The van der Waals surface area contributed by atoms with Crippen molar-refractivity contribution in [3.8, 4) is 5.75 Å². The topological polar surface area (TPSA) is 49.4 Å². The van der Waals surface area contributed by atoms with Gasteiger partial charge in [-0.05, 0) is 11.6 Å². The summed E-state index contributed by atoms with van der Waals surface area (Å²) in [6.45, 7) is 0. The minimum atomic E-state index is -2.52. The van der Waals surface area contributed by atoms with Crippen molar-refractivity contribution in [2.45, 2.75) is 10.7 Å². The van der Waals surface area contributed by atoms with Crippen molar-refractivity contribution < 1.29 is 12.9 Å². The molecular formula is C8H7Br2O3S-. The maximum absolute atomic E-state index is 10.4. The Bertz CT molecular complexity index is 343. The summed E-state index contributed by atoms with van der Waals surface area (Å²) in [4.78, 5) is 0. The summed E-state index contributed by atoms with van der Waals surface area (Å²) in [5.74, 6) is 0.368. The average Bonchev–Trinajstić information content (AvgIpc) is 2.16. The van der Waals surface area contributed by atoms with E-state index < -0.39 is 11.4 Å². The molecule has 3 nitrogen and oxygen atoms in total. The van der Waals surface area contributed by atoms with E-state index in [-0.39, 0.29) is 0 Å². The van der Waals surface area contributed by atoms with Crippen molar-refractivity contribution in [1.82, 2.24) is 0 Å². The molecular weight excluding hydrogens is 336 g/mol. The molecule has 0 saturated carbocycles. The quantitative estimate of drug-likeness (QED) is 0.624. The van der Waals surface area contributed by atoms with Crippen molar-refractivity contribution in [2.24, 2.45) is 0 Å². The SMILES string of the molecule is O=S([O-])Oc1cc(CBr)ccc1CBr. The summed E-state index contributed by atoms with van der Waals surface area (Å²) in [5, 5.41) is 1.22. The Hall–Kier alpha value is 0.0900. The molecule has 1 unspecified atom stereocenters. The minimum Gasteiger partial charge on any atom is -0.740 e. The normalized spacial score (nSPS) is 12.5. The molecule has 14 heavy (non-hydrogen) atoms. The van der Waals surface area contributed by atoms with Gasteiger partial charge in [-0.2, -0.15) is 0 Å². The van der Waals surface area contributed by atoms with Gasteiger partial charge in [0.1, 0.15) is 17.1 Å². The molecule has 0 heterocycles. The van der Waals surface area contributed by atoms with Gasteiger partial charge in [0.15, 0.2) is 0 Å². The fourth-order valence-electron chi connectivity index (χ4n) is 0.943. The maximum atomic E-state index is 10.4. The Labute approximate surface area is 102 Å². The first-order valence-electron chi connectivity index (χ1n) is 3.68. The molecule has 0 bridgehead atoms. The van der Waals surface area contributed by atoms with Crippen LogP contribution in [-0.4, -0.2) is 8.76 Å². The Morgan fingerprint density at radius 3 is 2.57 bits per heavy atom. The first-order chi connectivity index (χ1) is 6.67. The Kier molecular flexibility index (Phi) is 5.08. The van der Waals surface area contributed by atoms with E-state index in [2.05, 4.69) is 36.0 Å². The van der Waals surface area contributed by atoms with E-state index in [1.165, 1.54) is 0 Å². The number of hydrogen-bond acceptors (Lipinski definition) is 3. The van der Waals surface area contributed by atoms with E-state index in [0.29, 0.717) is 16.4 Å². The Balaban J connectivity index is 3.01. The number of benzene rings is 1. The third-order valence-corrected chi connectivity index (χ3v) is 3.15. The first kappa shape index (κ1) is 12.2. The molecule has 78 valence electrons. The number of alkyl halides is 2. The molecule has 0 spiro atoms. The van der Waals surface area contributed by atoms with Gasteiger partial charge in [-0.25, -0.2) is 4.21 Å². The average molecular weight is 343 g/mol. The van der Waals surface area contributed by atoms with Crippen LogP contribution in [0.2, 0.25) is 0 Å². The van der Waals surface area contributed by atoms with E-state index in [1.807, 2.05) is 12.1 Å². The van der Waals surface area contributed by atoms with E-state index in [1.54, 1.807) is 6.07 Å². The molecule has 1 atom stereocenters. The monoisotopic (exact) mass is 341 g/mol. The smallest absolute Gasteiger partial charge is 0.143 e. The fourth-order valence-corrected chi connectivity index (χ4v) is 2.06. The highest BCUT2D eigenvalue weighted by molar-refractivity contribution is 9.08. The van der Waals surface area contributed by atoms with Gasteiger partial charge in [0.05, 0.1) is 0 Å². The molecule has 1 rings (SSSR count). The summed E-state index contributed by atoms with van der Waals surface area (Å²) >= 11 is 4.01. The second-order valence-corrected chi connectivity index (χ2v) is 4.19. The van der Waals surface area contributed by atoms with Gasteiger partial charge in [-0.3, -0.25) is 0 Å². The predicted molar refractivity (Wildman–Crippen MR) is 61.3 cm³/mol. The lowest BCUT2D eigenvalue weighted by molar-refractivity contribution is 0.439. The zero-order chi connectivity index (χ0) is 10.6. The van der Waals surface area contributed by atoms with Crippen LogP contribution in [0.15, 0.2) is 18.2 Å². The lowest BCUT2D eigenvalue weighted by Gasteiger charge is -2.11. The van der Waals surface area contributed by atoms with Crippen molar-refractivity contribution in [3.05, 3.63) is 29.3 Å².